The Morgan fingerprint density at radius 3 is 2.12 bits per heavy atom. The van der Waals surface area contributed by atoms with Gasteiger partial charge in [-0.15, -0.1) is 0 Å². The van der Waals surface area contributed by atoms with E-state index >= 15 is 0 Å². The fourth-order valence-corrected chi connectivity index (χ4v) is 4.97. The van der Waals surface area contributed by atoms with Crippen LogP contribution in [0.25, 0.3) is 0 Å². The number of hydrogen-bond acceptors (Lipinski definition) is 6. The van der Waals surface area contributed by atoms with E-state index in [0.717, 1.165) is 24.3 Å². The minimum Gasteiger partial charge on any atom is -0.493 e. The quantitative estimate of drug-likeness (QED) is 0.103. The molecule has 1 heterocycles. The number of rotatable bonds is 8. The van der Waals surface area contributed by atoms with E-state index in [4.69, 9.17) is 14.2 Å². The van der Waals surface area contributed by atoms with Gasteiger partial charge in [-0.05, 0) is 24.6 Å². The molecular formula is C25H18F8O6S. The summed E-state index contributed by atoms with van der Waals surface area (Å²) in [6.45, 7) is 0.00954. The molecule has 0 radical (unpaired) electrons. The minimum atomic E-state index is -5.14. The summed E-state index contributed by atoms with van der Waals surface area (Å²) >= 11 is 0. The average Bonchev–Trinajstić information content (AvgIpc) is 2.92. The second-order valence-electron chi connectivity index (χ2n) is 8.42. The van der Waals surface area contributed by atoms with Gasteiger partial charge in [-0.3, -0.25) is 0 Å². The predicted molar refractivity (Wildman–Crippen MR) is 121 cm³/mol. The molecule has 15 heteroatoms. The number of benzene rings is 3. The Hall–Kier alpha value is -3.59. The van der Waals surface area contributed by atoms with Crippen LogP contribution in [0.5, 0.6) is 17.2 Å². The summed E-state index contributed by atoms with van der Waals surface area (Å²) in [4.78, 5) is -0.750. The fraction of sp³-hybridized carbons (Fsp3) is 0.280. The number of hydrogen-bond donors (Lipinski definition) is 0. The summed E-state index contributed by atoms with van der Waals surface area (Å²) in [5.74, 6) is -15.1. The van der Waals surface area contributed by atoms with Crippen LogP contribution in [0.4, 0.5) is 35.1 Å². The Bertz CT molecular complexity index is 1510. The van der Waals surface area contributed by atoms with Gasteiger partial charge < -0.3 is 18.4 Å². The summed E-state index contributed by atoms with van der Waals surface area (Å²) in [6, 6.07) is 5.98. The first-order valence-electron chi connectivity index (χ1n) is 11.3. The third-order valence-electron chi connectivity index (χ3n) is 5.94. The molecule has 0 spiro atoms. The second-order valence-corrected chi connectivity index (χ2v) is 9.96. The van der Waals surface area contributed by atoms with Gasteiger partial charge in [-0.1, -0.05) is 12.1 Å². The lowest BCUT2D eigenvalue weighted by atomic mass is 9.85. The zero-order valence-corrected chi connectivity index (χ0v) is 21.1. The molecule has 1 aliphatic heterocycles. The van der Waals surface area contributed by atoms with Crippen LogP contribution >= 0.6 is 0 Å². The van der Waals surface area contributed by atoms with E-state index in [-0.39, 0.29) is 37.7 Å². The van der Waals surface area contributed by atoms with Crippen LogP contribution in [0.1, 0.15) is 29.0 Å². The van der Waals surface area contributed by atoms with Gasteiger partial charge in [0.1, 0.15) is 23.0 Å². The normalized spacial score (nSPS) is 15.4. The maximum Gasteiger partial charge on any atom is 0.416 e. The molecule has 3 aromatic rings. The van der Waals surface area contributed by atoms with E-state index in [9.17, 15) is 43.5 Å². The van der Waals surface area contributed by atoms with E-state index in [1.165, 1.54) is 19.2 Å². The SMILES string of the molecule is COCCOc1cc(C(F)(F)F)ccc1[C@@H]1CCOc2cc(S(=O)(=O)Oc3c(F)c(F)c(F)c(F)c3F)ccc21. The molecule has 0 saturated carbocycles. The summed E-state index contributed by atoms with van der Waals surface area (Å²) in [5.41, 5.74) is -0.289. The highest BCUT2D eigenvalue weighted by molar-refractivity contribution is 7.87. The molecule has 6 nitrogen and oxygen atoms in total. The lowest BCUT2D eigenvalue weighted by Crippen LogP contribution is -2.19. The smallest absolute Gasteiger partial charge is 0.416 e. The highest BCUT2D eigenvalue weighted by Gasteiger charge is 2.35. The monoisotopic (exact) mass is 598 g/mol. The number of halogens is 8. The van der Waals surface area contributed by atoms with Crippen molar-refractivity contribution in [1.29, 1.82) is 0 Å². The van der Waals surface area contributed by atoms with Gasteiger partial charge >= 0.3 is 16.3 Å². The molecule has 4 rings (SSSR count). The summed E-state index contributed by atoms with van der Waals surface area (Å²) in [5, 5.41) is 0. The van der Waals surface area contributed by atoms with Crippen molar-refractivity contribution in [3.8, 4) is 17.2 Å². The van der Waals surface area contributed by atoms with Crippen molar-refractivity contribution in [2.45, 2.75) is 23.4 Å². The molecule has 1 aliphatic rings. The van der Waals surface area contributed by atoms with Crippen molar-refractivity contribution < 1.29 is 61.9 Å². The lowest BCUT2D eigenvalue weighted by Gasteiger charge is -2.28. The number of alkyl halides is 3. The maximum atomic E-state index is 14.0. The van der Waals surface area contributed by atoms with Crippen molar-refractivity contribution in [1.82, 2.24) is 0 Å². The average molecular weight is 598 g/mol. The lowest BCUT2D eigenvalue weighted by molar-refractivity contribution is -0.137. The summed E-state index contributed by atoms with van der Waals surface area (Å²) in [7, 11) is -3.76. The topological polar surface area (TPSA) is 71.1 Å². The van der Waals surface area contributed by atoms with Crippen LogP contribution in [0.2, 0.25) is 0 Å². The molecule has 0 N–H and O–H groups in total. The van der Waals surface area contributed by atoms with Crippen molar-refractivity contribution in [2.75, 3.05) is 26.9 Å². The Labute approximate surface area is 222 Å². The zero-order chi connectivity index (χ0) is 29.4. The van der Waals surface area contributed by atoms with Crippen LogP contribution in [0.3, 0.4) is 0 Å². The molecule has 216 valence electrons. The third kappa shape index (κ3) is 5.66. The molecule has 0 aliphatic carbocycles. The van der Waals surface area contributed by atoms with Gasteiger partial charge in [0.15, 0.2) is 0 Å². The molecular weight excluding hydrogens is 580 g/mol. The van der Waals surface area contributed by atoms with Crippen LogP contribution < -0.4 is 13.7 Å². The predicted octanol–water partition coefficient (Wildman–Crippen LogP) is 6.11. The molecule has 0 unspecified atom stereocenters. The molecule has 1 atom stereocenters. The van der Waals surface area contributed by atoms with Crippen molar-refractivity contribution in [2.24, 2.45) is 0 Å². The molecule has 0 aromatic heterocycles. The number of ether oxygens (including phenoxy) is 3. The van der Waals surface area contributed by atoms with Crippen LogP contribution in [0.15, 0.2) is 41.3 Å². The first-order chi connectivity index (χ1) is 18.8. The van der Waals surface area contributed by atoms with Gasteiger partial charge in [0, 0.05) is 30.2 Å². The maximum absolute atomic E-state index is 14.0. The van der Waals surface area contributed by atoms with Gasteiger partial charge in [-0.25, -0.2) is 13.2 Å². The molecule has 0 amide bonds. The molecule has 3 aromatic carbocycles. The van der Waals surface area contributed by atoms with Crippen LogP contribution in [-0.2, 0) is 21.0 Å². The van der Waals surface area contributed by atoms with E-state index in [1.54, 1.807) is 0 Å². The van der Waals surface area contributed by atoms with Gasteiger partial charge in [0.2, 0.25) is 34.8 Å². The Morgan fingerprint density at radius 2 is 1.50 bits per heavy atom. The van der Waals surface area contributed by atoms with E-state index in [2.05, 4.69) is 4.18 Å². The molecule has 0 fully saturated rings. The van der Waals surface area contributed by atoms with E-state index in [1.807, 2.05) is 0 Å². The first kappa shape index (κ1) is 29.4. The van der Waals surface area contributed by atoms with Gasteiger partial charge in [-0.2, -0.15) is 30.4 Å². The Kier molecular flexibility index (Phi) is 8.17. The van der Waals surface area contributed by atoms with Crippen molar-refractivity contribution >= 4 is 10.1 Å². The number of fused-ring (bicyclic) bond motifs is 1. The largest absolute Gasteiger partial charge is 0.493 e. The van der Waals surface area contributed by atoms with Gasteiger partial charge in [0.05, 0.1) is 18.8 Å². The number of methoxy groups -OCH3 is 1. The fourth-order valence-electron chi connectivity index (χ4n) is 4.02. The van der Waals surface area contributed by atoms with Crippen LogP contribution in [-0.4, -0.2) is 35.3 Å². The van der Waals surface area contributed by atoms with E-state index in [0.29, 0.717) is 11.1 Å². The van der Waals surface area contributed by atoms with Gasteiger partial charge in [0.25, 0.3) is 0 Å². The molecule has 0 bridgehead atoms. The first-order valence-corrected chi connectivity index (χ1v) is 12.7. The summed E-state index contributed by atoms with van der Waals surface area (Å²) < 4.78 is 154. The summed E-state index contributed by atoms with van der Waals surface area (Å²) in [6.07, 6.45) is -4.39. The third-order valence-corrected chi connectivity index (χ3v) is 7.15. The minimum absolute atomic E-state index is 0.0157. The van der Waals surface area contributed by atoms with Crippen molar-refractivity contribution in [3.05, 3.63) is 82.2 Å². The zero-order valence-electron chi connectivity index (χ0n) is 20.3. The van der Waals surface area contributed by atoms with Crippen LogP contribution in [0, 0.1) is 29.1 Å². The highest BCUT2D eigenvalue weighted by Crippen LogP contribution is 2.44. The Balaban J connectivity index is 1.71. The highest BCUT2D eigenvalue weighted by atomic mass is 32.2. The van der Waals surface area contributed by atoms with Crippen molar-refractivity contribution in [3.63, 3.8) is 0 Å². The molecule has 0 saturated heterocycles. The molecule has 40 heavy (non-hydrogen) atoms. The van der Waals surface area contributed by atoms with E-state index < -0.39 is 67.5 Å². The Morgan fingerprint density at radius 1 is 0.875 bits per heavy atom. The second kappa shape index (κ2) is 11.1. The standard InChI is InChI=1S/C25H18F8O6S/c1-36-8-9-38-17-10-12(25(31,32)33)2-4-15(17)14-6-7-37-18-11-13(3-5-16(14)18)40(34,35)39-24-22(29)20(27)19(26)21(28)23(24)30/h2-5,10-11,14H,6-9H2,1H3/t14-/m0/s1.